The number of nitrogens with zero attached hydrogens (tertiary/aromatic N) is 4. The third-order valence-corrected chi connectivity index (χ3v) is 4.99. The molecule has 2 aromatic heterocycles. The molecule has 0 radical (unpaired) electrons. The van der Waals surface area contributed by atoms with Crippen molar-refractivity contribution in [3.05, 3.63) is 82.7 Å². The van der Waals surface area contributed by atoms with E-state index in [1.165, 1.54) is 12.1 Å². The van der Waals surface area contributed by atoms with E-state index in [-0.39, 0.29) is 11.9 Å². The van der Waals surface area contributed by atoms with E-state index in [9.17, 15) is 4.39 Å². The van der Waals surface area contributed by atoms with Gasteiger partial charge in [0.2, 0.25) is 5.95 Å². The average molecular weight is 362 g/mol. The summed E-state index contributed by atoms with van der Waals surface area (Å²) in [6.07, 6.45) is 4.85. The molecule has 5 heteroatoms. The van der Waals surface area contributed by atoms with Gasteiger partial charge in [0, 0.05) is 24.1 Å². The molecule has 3 heterocycles. The summed E-state index contributed by atoms with van der Waals surface area (Å²) in [6, 6.07) is 13.1. The molecule has 27 heavy (non-hydrogen) atoms. The molecular weight excluding hydrogens is 339 g/mol. The smallest absolute Gasteiger partial charge is 0.226 e. The zero-order chi connectivity index (χ0) is 18.8. The van der Waals surface area contributed by atoms with Crippen molar-refractivity contribution in [2.45, 2.75) is 39.2 Å². The van der Waals surface area contributed by atoms with Crippen LogP contribution < -0.4 is 4.90 Å². The van der Waals surface area contributed by atoms with Crippen LogP contribution in [0.15, 0.2) is 48.7 Å². The molecule has 0 bridgehead atoms. The SMILES string of the molecule is Cc1cc(C)nc(N2CCC[C@@H]2c2ccc(Cc3ccc(F)cc3)cn2)n1. The normalized spacial score (nSPS) is 16.7. The topological polar surface area (TPSA) is 41.9 Å². The van der Waals surface area contributed by atoms with Crippen LogP contribution in [0.4, 0.5) is 10.3 Å². The van der Waals surface area contributed by atoms with Crippen LogP contribution in [0, 0.1) is 19.7 Å². The molecule has 1 aromatic carbocycles. The average Bonchev–Trinajstić information content (AvgIpc) is 3.13. The second-order valence-corrected chi connectivity index (χ2v) is 7.20. The maximum Gasteiger partial charge on any atom is 0.226 e. The second kappa shape index (κ2) is 7.43. The quantitative estimate of drug-likeness (QED) is 0.682. The van der Waals surface area contributed by atoms with E-state index >= 15 is 0 Å². The van der Waals surface area contributed by atoms with Crippen molar-refractivity contribution in [2.24, 2.45) is 0 Å². The Morgan fingerprint density at radius 2 is 1.70 bits per heavy atom. The van der Waals surface area contributed by atoms with Gasteiger partial charge in [-0.05, 0) is 68.5 Å². The fourth-order valence-corrected chi connectivity index (χ4v) is 3.72. The maximum atomic E-state index is 13.1. The molecule has 3 aromatic rings. The van der Waals surface area contributed by atoms with Gasteiger partial charge in [0.1, 0.15) is 5.82 Å². The van der Waals surface area contributed by atoms with Gasteiger partial charge in [-0.15, -0.1) is 0 Å². The van der Waals surface area contributed by atoms with Gasteiger partial charge in [-0.1, -0.05) is 18.2 Å². The Labute approximate surface area is 159 Å². The molecule has 0 spiro atoms. The number of anilines is 1. The first-order valence-electron chi connectivity index (χ1n) is 9.37. The van der Waals surface area contributed by atoms with E-state index in [4.69, 9.17) is 4.98 Å². The van der Waals surface area contributed by atoms with Crippen LogP contribution in [-0.2, 0) is 6.42 Å². The summed E-state index contributed by atoms with van der Waals surface area (Å²) in [7, 11) is 0. The van der Waals surface area contributed by atoms with Gasteiger partial charge in [-0.25, -0.2) is 14.4 Å². The maximum absolute atomic E-state index is 13.1. The lowest BCUT2D eigenvalue weighted by Gasteiger charge is -2.25. The Bertz CT molecular complexity index is 902. The second-order valence-electron chi connectivity index (χ2n) is 7.20. The van der Waals surface area contributed by atoms with E-state index in [1.54, 1.807) is 0 Å². The van der Waals surface area contributed by atoms with Gasteiger partial charge in [0.15, 0.2) is 0 Å². The number of rotatable bonds is 4. The minimum Gasteiger partial charge on any atom is -0.332 e. The standard InChI is InChI=1S/C22H23FN4/c1-15-12-16(2)26-22(25-15)27-11-3-4-21(27)20-10-7-18(14-24-20)13-17-5-8-19(23)9-6-17/h5-10,12,14,21H,3-4,11,13H2,1-2H3/t21-/m1/s1. The van der Waals surface area contributed by atoms with Crippen molar-refractivity contribution in [2.75, 3.05) is 11.4 Å². The number of hydrogen-bond donors (Lipinski definition) is 0. The van der Waals surface area contributed by atoms with Crippen LogP contribution in [0.1, 0.15) is 47.1 Å². The molecule has 0 unspecified atom stereocenters. The summed E-state index contributed by atoms with van der Waals surface area (Å²) in [5.41, 5.74) is 5.24. The molecule has 4 rings (SSSR count). The highest BCUT2D eigenvalue weighted by atomic mass is 19.1. The molecule has 0 N–H and O–H groups in total. The van der Waals surface area contributed by atoms with Crippen LogP contribution in [0.5, 0.6) is 0 Å². The Morgan fingerprint density at radius 3 is 2.37 bits per heavy atom. The number of aryl methyl sites for hydroxylation is 2. The van der Waals surface area contributed by atoms with Crippen molar-refractivity contribution >= 4 is 5.95 Å². The van der Waals surface area contributed by atoms with Crippen molar-refractivity contribution in [3.63, 3.8) is 0 Å². The highest BCUT2D eigenvalue weighted by Gasteiger charge is 2.29. The van der Waals surface area contributed by atoms with Crippen molar-refractivity contribution in [1.82, 2.24) is 15.0 Å². The third-order valence-electron chi connectivity index (χ3n) is 4.99. The molecule has 0 amide bonds. The summed E-state index contributed by atoms with van der Waals surface area (Å²) in [6.45, 7) is 4.96. The number of hydrogen-bond acceptors (Lipinski definition) is 4. The molecule has 1 atom stereocenters. The molecular formula is C22H23FN4. The highest BCUT2D eigenvalue weighted by molar-refractivity contribution is 5.38. The van der Waals surface area contributed by atoms with Crippen LogP contribution in [0.3, 0.4) is 0 Å². The molecule has 0 saturated carbocycles. The number of aromatic nitrogens is 3. The van der Waals surface area contributed by atoms with Crippen LogP contribution in [0.25, 0.3) is 0 Å². The highest BCUT2D eigenvalue weighted by Crippen LogP contribution is 2.33. The minimum atomic E-state index is -0.206. The first-order chi connectivity index (χ1) is 13.1. The molecule has 1 aliphatic rings. The lowest BCUT2D eigenvalue weighted by molar-refractivity contribution is 0.627. The van der Waals surface area contributed by atoms with Gasteiger partial charge in [0.25, 0.3) is 0 Å². The molecule has 1 fully saturated rings. The Hall–Kier alpha value is -2.82. The van der Waals surface area contributed by atoms with Gasteiger partial charge >= 0.3 is 0 Å². The fourth-order valence-electron chi connectivity index (χ4n) is 3.72. The number of benzene rings is 1. The van der Waals surface area contributed by atoms with Gasteiger partial charge in [0.05, 0.1) is 11.7 Å². The van der Waals surface area contributed by atoms with Crippen LogP contribution in [-0.4, -0.2) is 21.5 Å². The molecule has 1 saturated heterocycles. The molecule has 0 aliphatic carbocycles. The monoisotopic (exact) mass is 362 g/mol. The molecule has 4 nitrogen and oxygen atoms in total. The van der Waals surface area contributed by atoms with Crippen molar-refractivity contribution in [1.29, 1.82) is 0 Å². The number of pyridine rings is 1. The van der Waals surface area contributed by atoms with Gasteiger partial charge in [-0.2, -0.15) is 0 Å². The summed E-state index contributed by atoms with van der Waals surface area (Å²) >= 11 is 0. The zero-order valence-corrected chi connectivity index (χ0v) is 15.7. The van der Waals surface area contributed by atoms with Crippen LogP contribution >= 0.6 is 0 Å². The Balaban J connectivity index is 1.53. The molecule has 138 valence electrons. The fraction of sp³-hybridized carbons (Fsp3) is 0.318. The summed E-state index contributed by atoms with van der Waals surface area (Å²) in [5, 5.41) is 0. The van der Waals surface area contributed by atoms with E-state index in [2.05, 4.69) is 27.0 Å². The predicted octanol–water partition coefficient (Wildman–Crippen LogP) is 4.56. The first kappa shape index (κ1) is 17.6. The van der Waals surface area contributed by atoms with E-state index in [0.717, 1.165) is 60.0 Å². The Kier molecular flexibility index (Phi) is 4.84. The third kappa shape index (κ3) is 3.97. The van der Waals surface area contributed by atoms with Crippen molar-refractivity contribution in [3.8, 4) is 0 Å². The van der Waals surface area contributed by atoms with Crippen LogP contribution in [0.2, 0.25) is 0 Å². The summed E-state index contributed by atoms with van der Waals surface area (Å²) in [5.74, 6) is 0.592. The lowest BCUT2D eigenvalue weighted by Crippen LogP contribution is -2.25. The summed E-state index contributed by atoms with van der Waals surface area (Å²) < 4.78 is 13.1. The van der Waals surface area contributed by atoms with Gasteiger partial charge in [-0.3, -0.25) is 4.98 Å². The minimum absolute atomic E-state index is 0.206. The number of halogens is 1. The van der Waals surface area contributed by atoms with Gasteiger partial charge < -0.3 is 4.90 Å². The van der Waals surface area contributed by atoms with E-state index in [0.29, 0.717) is 0 Å². The zero-order valence-electron chi connectivity index (χ0n) is 15.7. The summed E-state index contributed by atoms with van der Waals surface area (Å²) in [4.78, 5) is 16.2. The van der Waals surface area contributed by atoms with E-state index < -0.39 is 0 Å². The van der Waals surface area contributed by atoms with Crippen molar-refractivity contribution < 1.29 is 4.39 Å². The van der Waals surface area contributed by atoms with E-state index in [1.807, 2.05) is 38.2 Å². The Morgan fingerprint density at radius 1 is 1.00 bits per heavy atom. The molecule has 1 aliphatic heterocycles. The first-order valence-corrected chi connectivity index (χ1v) is 9.37. The predicted molar refractivity (Wildman–Crippen MR) is 104 cm³/mol. The largest absolute Gasteiger partial charge is 0.332 e. The lowest BCUT2D eigenvalue weighted by atomic mass is 10.0.